The van der Waals surface area contributed by atoms with Gasteiger partial charge in [0, 0.05) is 17.1 Å². The Kier molecular flexibility index (Phi) is 3.28. The minimum absolute atomic E-state index is 0.0426. The highest BCUT2D eigenvalue weighted by Crippen LogP contribution is 2.34. The average molecular weight is 286 g/mol. The fourth-order valence-electron chi connectivity index (χ4n) is 1.85. The summed E-state index contributed by atoms with van der Waals surface area (Å²) in [5, 5.41) is 12.7. The van der Waals surface area contributed by atoms with Gasteiger partial charge in [-0.3, -0.25) is 4.79 Å². The smallest absolute Gasteiger partial charge is 0.228 e. The fourth-order valence-corrected chi connectivity index (χ4v) is 2.37. The van der Waals surface area contributed by atoms with Gasteiger partial charge in [0.25, 0.3) is 0 Å². The molecule has 1 atom stereocenters. The second kappa shape index (κ2) is 4.53. The standard InChI is InChI=1S/C11H12BrNO3/c1-16-5-9(14)8-4-7(12)2-6-3-10(15)13-11(6)8/h2,4,9,14H,3,5H2,1H3,(H,13,15). The van der Waals surface area contributed by atoms with E-state index in [0.717, 1.165) is 15.7 Å². The van der Waals surface area contributed by atoms with Crippen LogP contribution in [0.25, 0.3) is 0 Å². The van der Waals surface area contributed by atoms with Crippen LogP contribution in [0.15, 0.2) is 16.6 Å². The molecule has 1 unspecified atom stereocenters. The number of aliphatic hydroxyl groups is 1. The minimum atomic E-state index is -0.727. The molecule has 1 aliphatic heterocycles. The van der Waals surface area contributed by atoms with Gasteiger partial charge in [-0.05, 0) is 17.7 Å². The number of rotatable bonds is 3. The molecule has 1 heterocycles. The number of methoxy groups -OCH3 is 1. The molecular formula is C11H12BrNO3. The number of amides is 1. The van der Waals surface area contributed by atoms with E-state index in [0.29, 0.717) is 12.0 Å². The maximum Gasteiger partial charge on any atom is 0.228 e. The van der Waals surface area contributed by atoms with Crippen LogP contribution in [0.2, 0.25) is 0 Å². The Morgan fingerprint density at radius 2 is 2.38 bits per heavy atom. The molecule has 16 heavy (non-hydrogen) atoms. The van der Waals surface area contributed by atoms with Crippen molar-refractivity contribution in [2.45, 2.75) is 12.5 Å². The second-order valence-corrected chi connectivity index (χ2v) is 4.64. The number of hydrogen-bond donors (Lipinski definition) is 2. The van der Waals surface area contributed by atoms with Crippen molar-refractivity contribution in [2.75, 3.05) is 19.0 Å². The average Bonchev–Trinajstić information content (AvgIpc) is 2.57. The molecule has 1 aromatic rings. The number of anilines is 1. The van der Waals surface area contributed by atoms with E-state index in [2.05, 4.69) is 21.2 Å². The first kappa shape index (κ1) is 11.6. The molecule has 0 saturated carbocycles. The van der Waals surface area contributed by atoms with E-state index in [-0.39, 0.29) is 12.5 Å². The Labute approximate surface area is 102 Å². The largest absolute Gasteiger partial charge is 0.386 e. The first-order chi connectivity index (χ1) is 7.61. The molecule has 0 spiro atoms. The monoisotopic (exact) mass is 285 g/mol. The van der Waals surface area contributed by atoms with Crippen LogP contribution >= 0.6 is 15.9 Å². The van der Waals surface area contributed by atoms with Gasteiger partial charge in [0.05, 0.1) is 18.7 Å². The SMILES string of the molecule is COCC(O)c1cc(Br)cc2c1NC(=O)C2. The predicted molar refractivity (Wildman–Crippen MR) is 63.3 cm³/mol. The van der Waals surface area contributed by atoms with Crippen molar-refractivity contribution < 1.29 is 14.6 Å². The molecule has 0 bridgehead atoms. The van der Waals surface area contributed by atoms with E-state index < -0.39 is 6.10 Å². The number of halogens is 1. The number of carbonyl (C=O) groups is 1. The molecule has 5 heteroatoms. The molecule has 0 aromatic heterocycles. The molecule has 1 aliphatic rings. The van der Waals surface area contributed by atoms with Gasteiger partial charge in [0.1, 0.15) is 6.10 Å². The highest BCUT2D eigenvalue weighted by molar-refractivity contribution is 9.10. The summed E-state index contributed by atoms with van der Waals surface area (Å²) in [5.74, 6) is -0.0426. The predicted octanol–water partition coefficient (Wildman–Crippen LogP) is 1.62. The number of aliphatic hydroxyl groups excluding tert-OH is 1. The lowest BCUT2D eigenvalue weighted by molar-refractivity contribution is -0.115. The van der Waals surface area contributed by atoms with Gasteiger partial charge in [-0.25, -0.2) is 0 Å². The molecule has 0 aliphatic carbocycles. The maximum atomic E-state index is 11.3. The van der Waals surface area contributed by atoms with Crippen molar-refractivity contribution in [1.29, 1.82) is 0 Å². The molecule has 0 fully saturated rings. The molecular weight excluding hydrogens is 274 g/mol. The zero-order valence-electron chi connectivity index (χ0n) is 8.79. The Balaban J connectivity index is 2.42. The molecule has 1 aromatic carbocycles. The van der Waals surface area contributed by atoms with E-state index in [9.17, 15) is 9.90 Å². The van der Waals surface area contributed by atoms with E-state index in [1.165, 1.54) is 7.11 Å². The van der Waals surface area contributed by atoms with Crippen LogP contribution < -0.4 is 5.32 Å². The lowest BCUT2D eigenvalue weighted by Crippen LogP contribution is -2.09. The zero-order chi connectivity index (χ0) is 11.7. The number of hydrogen-bond acceptors (Lipinski definition) is 3. The number of ether oxygens (including phenoxy) is 1. The van der Waals surface area contributed by atoms with Crippen molar-refractivity contribution in [1.82, 2.24) is 0 Å². The Bertz CT molecular complexity index is 433. The van der Waals surface area contributed by atoms with Crippen LogP contribution in [0.5, 0.6) is 0 Å². The summed E-state index contributed by atoms with van der Waals surface area (Å²) in [4.78, 5) is 11.3. The van der Waals surface area contributed by atoms with Crippen LogP contribution in [0, 0.1) is 0 Å². The van der Waals surface area contributed by atoms with Crippen molar-refractivity contribution in [3.8, 4) is 0 Å². The lowest BCUT2D eigenvalue weighted by Gasteiger charge is -2.14. The zero-order valence-corrected chi connectivity index (χ0v) is 10.4. The summed E-state index contributed by atoms with van der Waals surface area (Å²) in [6.07, 6.45) is -0.365. The third kappa shape index (κ3) is 2.11. The topological polar surface area (TPSA) is 58.6 Å². The van der Waals surface area contributed by atoms with Gasteiger partial charge < -0.3 is 15.2 Å². The fraction of sp³-hybridized carbons (Fsp3) is 0.364. The molecule has 86 valence electrons. The number of benzene rings is 1. The lowest BCUT2D eigenvalue weighted by atomic mass is 10.0. The number of fused-ring (bicyclic) bond motifs is 1. The highest BCUT2D eigenvalue weighted by atomic mass is 79.9. The molecule has 0 radical (unpaired) electrons. The van der Waals surface area contributed by atoms with Gasteiger partial charge in [-0.2, -0.15) is 0 Å². The van der Waals surface area contributed by atoms with Crippen LogP contribution in [0.1, 0.15) is 17.2 Å². The summed E-state index contributed by atoms with van der Waals surface area (Å²) in [6.45, 7) is 0.207. The van der Waals surface area contributed by atoms with Gasteiger partial charge >= 0.3 is 0 Å². The van der Waals surface area contributed by atoms with Crippen molar-refractivity contribution >= 4 is 27.5 Å². The van der Waals surface area contributed by atoms with Crippen LogP contribution in [-0.4, -0.2) is 24.7 Å². The third-order valence-electron chi connectivity index (χ3n) is 2.51. The summed E-state index contributed by atoms with van der Waals surface area (Å²) in [6, 6.07) is 3.68. The van der Waals surface area contributed by atoms with E-state index in [4.69, 9.17) is 4.74 Å². The third-order valence-corrected chi connectivity index (χ3v) is 2.97. The molecule has 4 nitrogen and oxygen atoms in total. The summed E-state index contributed by atoms with van der Waals surface area (Å²) in [5.41, 5.74) is 2.32. The quantitative estimate of drug-likeness (QED) is 0.887. The molecule has 0 saturated heterocycles. The summed E-state index contributed by atoms with van der Waals surface area (Å²) in [7, 11) is 1.53. The van der Waals surface area contributed by atoms with Gasteiger partial charge in [-0.15, -0.1) is 0 Å². The van der Waals surface area contributed by atoms with E-state index >= 15 is 0 Å². The molecule has 1 amide bonds. The Morgan fingerprint density at radius 1 is 1.62 bits per heavy atom. The van der Waals surface area contributed by atoms with Gasteiger partial charge in [0.15, 0.2) is 0 Å². The van der Waals surface area contributed by atoms with Crippen LogP contribution in [-0.2, 0) is 16.0 Å². The Hall–Kier alpha value is -0.910. The first-order valence-corrected chi connectivity index (χ1v) is 5.70. The summed E-state index contributed by atoms with van der Waals surface area (Å²) >= 11 is 3.36. The molecule has 2 N–H and O–H groups in total. The van der Waals surface area contributed by atoms with Gasteiger partial charge in [0.2, 0.25) is 5.91 Å². The minimum Gasteiger partial charge on any atom is -0.386 e. The van der Waals surface area contributed by atoms with Crippen molar-refractivity contribution in [2.24, 2.45) is 0 Å². The maximum absolute atomic E-state index is 11.3. The van der Waals surface area contributed by atoms with Crippen molar-refractivity contribution in [3.63, 3.8) is 0 Å². The van der Waals surface area contributed by atoms with Crippen molar-refractivity contribution in [3.05, 3.63) is 27.7 Å². The second-order valence-electron chi connectivity index (χ2n) is 3.73. The van der Waals surface area contributed by atoms with Crippen LogP contribution in [0.3, 0.4) is 0 Å². The Morgan fingerprint density at radius 3 is 3.06 bits per heavy atom. The normalized spacial score (nSPS) is 15.8. The van der Waals surface area contributed by atoms with Gasteiger partial charge in [-0.1, -0.05) is 15.9 Å². The number of carbonyl (C=O) groups excluding carboxylic acids is 1. The highest BCUT2D eigenvalue weighted by Gasteiger charge is 2.24. The molecule has 2 rings (SSSR count). The number of nitrogens with one attached hydrogen (secondary N) is 1. The summed E-state index contributed by atoms with van der Waals surface area (Å²) < 4.78 is 5.76. The van der Waals surface area contributed by atoms with E-state index in [1.807, 2.05) is 6.07 Å². The first-order valence-electron chi connectivity index (χ1n) is 4.91. The van der Waals surface area contributed by atoms with E-state index in [1.54, 1.807) is 6.07 Å². The van der Waals surface area contributed by atoms with Crippen LogP contribution in [0.4, 0.5) is 5.69 Å².